The molecule has 1 aliphatic rings. The second kappa shape index (κ2) is 7.43. The maximum atomic E-state index is 13.3. The lowest BCUT2D eigenvalue weighted by atomic mass is 9.86. The highest BCUT2D eigenvalue weighted by molar-refractivity contribution is 6.11. The number of halogens is 1. The summed E-state index contributed by atoms with van der Waals surface area (Å²) in [5.41, 5.74) is 0.688. The van der Waals surface area contributed by atoms with Gasteiger partial charge < -0.3 is 5.32 Å². The Morgan fingerprint density at radius 3 is 2.14 bits per heavy atom. The van der Waals surface area contributed by atoms with Crippen molar-refractivity contribution >= 4 is 17.7 Å². The first kappa shape index (κ1) is 20.7. The molecule has 3 rings (SSSR count). The van der Waals surface area contributed by atoms with E-state index in [1.807, 2.05) is 12.1 Å². The van der Waals surface area contributed by atoms with Crippen LogP contribution >= 0.6 is 0 Å². The van der Waals surface area contributed by atoms with Crippen molar-refractivity contribution in [2.24, 2.45) is 0 Å². The summed E-state index contributed by atoms with van der Waals surface area (Å²) in [5, 5.41) is 2.70. The van der Waals surface area contributed by atoms with E-state index in [2.05, 4.69) is 26.1 Å². The highest BCUT2D eigenvalue weighted by Crippen LogP contribution is 2.32. The summed E-state index contributed by atoms with van der Waals surface area (Å²) in [6.45, 7) is 7.66. The number of nitrogens with zero attached hydrogens (tertiary/aromatic N) is 1. The molecule has 1 saturated heterocycles. The molecule has 2 aromatic carbocycles. The zero-order chi connectivity index (χ0) is 21.4. The largest absolute Gasteiger partial charge is 0.325 e. The number of urea groups is 1. The first-order chi connectivity index (χ1) is 13.6. The molecule has 3 amide bonds. The van der Waals surface area contributed by atoms with Gasteiger partial charge in [-0.2, -0.15) is 0 Å². The van der Waals surface area contributed by atoms with Crippen molar-refractivity contribution in [2.45, 2.75) is 45.1 Å². The molecule has 2 aromatic rings. The summed E-state index contributed by atoms with van der Waals surface area (Å²) in [5.74, 6) is -1.25. The molecule has 1 atom stereocenters. The lowest BCUT2D eigenvalue weighted by Crippen LogP contribution is -2.43. The van der Waals surface area contributed by atoms with E-state index < -0.39 is 23.3 Å². The molecular formula is C23H25FN2O3. The van der Waals surface area contributed by atoms with Crippen LogP contribution in [0.2, 0.25) is 0 Å². The van der Waals surface area contributed by atoms with Gasteiger partial charge in [-0.3, -0.25) is 14.5 Å². The Balaban J connectivity index is 1.82. The summed E-state index contributed by atoms with van der Waals surface area (Å²) in [6.07, 6.45) is 0.286. The van der Waals surface area contributed by atoms with Gasteiger partial charge in [-0.15, -0.1) is 0 Å². The van der Waals surface area contributed by atoms with Crippen LogP contribution < -0.4 is 5.32 Å². The standard InChI is InChI=1S/C23H25FN2O3/c1-5-23(17-10-12-18(24)13-11-17)20(28)26(21(29)25-23)14-19(27)15-6-8-16(9-7-15)22(2,3)4/h6-13H,5,14H2,1-4H3,(H,25,29)/t23-/m1/s1. The van der Waals surface area contributed by atoms with Gasteiger partial charge in [0.05, 0.1) is 6.54 Å². The average Bonchev–Trinajstić information content (AvgIpc) is 2.93. The van der Waals surface area contributed by atoms with E-state index in [9.17, 15) is 18.8 Å². The molecule has 0 unspecified atom stereocenters. The fraction of sp³-hybridized carbons (Fsp3) is 0.348. The number of benzene rings is 2. The van der Waals surface area contributed by atoms with Crippen LogP contribution in [0, 0.1) is 5.82 Å². The van der Waals surface area contributed by atoms with Crippen molar-refractivity contribution in [1.82, 2.24) is 10.2 Å². The van der Waals surface area contributed by atoms with Gasteiger partial charge in [0.1, 0.15) is 11.4 Å². The SMILES string of the molecule is CC[C@]1(c2ccc(F)cc2)NC(=O)N(CC(=O)c2ccc(C(C)(C)C)cc2)C1=O. The second-order valence-corrected chi connectivity index (χ2v) is 8.34. The number of Topliss-reactive ketones (excluding diaryl/α,β-unsaturated/α-hetero) is 1. The van der Waals surface area contributed by atoms with Gasteiger partial charge in [0, 0.05) is 5.56 Å². The molecule has 0 spiro atoms. The lowest BCUT2D eigenvalue weighted by molar-refractivity contribution is -0.131. The molecule has 0 saturated carbocycles. The van der Waals surface area contributed by atoms with Crippen LogP contribution in [0.5, 0.6) is 0 Å². The van der Waals surface area contributed by atoms with E-state index in [4.69, 9.17) is 0 Å². The van der Waals surface area contributed by atoms with Gasteiger partial charge in [0.15, 0.2) is 5.78 Å². The highest BCUT2D eigenvalue weighted by atomic mass is 19.1. The minimum atomic E-state index is -1.29. The van der Waals surface area contributed by atoms with Gasteiger partial charge >= 0.3 is 6.03 Å². The Labute approximate surface area is 169 Å². The van der Waals surface area contributed by atoms with Crippen LogP contribution in [-0.2, 0) is 15.7 Å². The minimum absolute atomic E-state index is 0.0394. The molecule has 0 aromatic heterocycles. The zero-order valence-corrected chi connectivity index (χ0v) is 17.1. The lowest BCUT2D eigenvalue weighted by Gasteiger charge is -2.25. The summed E-state index contributed by atoms with van der Waals surface area (Å²) < 4.78 is 13.3. The first-order valence-electron chi connectivity index (χ1n) is 9.62. The highest BCUT2D eigenvalue weighted by Gasteiger charge is 2.51. The molecule has 1 aliphatic heterocycles. The van der Waals surface area contributed by atoms with Crippen molar-refractivity contribution in [3.05, 3.63) is 71.0 Å². The summed E-state index contributed by atoms with van der Waals surface area (Å²) in [7, 11) is 0. The molecule has 0 aliphatic carbocycles. The maximum absolute atomic E-state index is 13.3. The zero-order valence-electron chi connectivity index (χ0n) is 17.1. The van der Waals surface area contributed by atoms with Crippen LogP contribution in [-0.4, -0.2) is 29.2 Å². The second-order valence-electron chi connectivity index (χ2n) is 8.34. The van der Waals surface area contributed by atoms with Gasteiger partial charge in [-0.05, 0) is 35.1 Å². The molecule has 1 N–H and O–H groups in total. The van der Waals surface area contributed by atoms with Crippen molar-refractivity contribution in [2.75, 3.05) is 6.54 Å². The predicted octanol–water partition coefficient (Wildman–Crippen LogP) is 4.16. The number of imide groups is 1. The van der Waals surface area contributed by atoms with E-state index in [0.717, 1.165) is 10.5 Å². The van der Waals surface area contributed by atoms with Gasteiger partial charge in [0.2, 0.25) is 0 Å². The van der Waals surface area contributed by atoms with Gasteiger partial charge in [-0.25, -0.2) is 9.18 Å². The molecule has 152 valence electrons. The Bertz CT molecular complexity index is 946. The monoisotopic (exact) mass is 396 g/mol. The Hall–Kier alpha value is -3.02. The third-order valence-corrected chi connectivity index (χ3v) is 5.42. The van der Waals surface area contributed by atoms with E-state index in [-0.39, 0.29) is 24.2 Å². The third kappa shape index (κ3) is 3.79. The number of carbonyl (C=O) groups is 3. The molecule has 29 heavy (non-hydrogen) atoms. The molecule has 0 bridgehead atoms. The van der Waals surface area contributed by atoms with Gasteiger partial charge in [-0.1, -0.05) is 64.1 Å². The van der Waals surface area contributed by atoms with E-state index >= 15 is 0 Å². The number of hydrogen-bond acceptors (Lipinski definition) is 3. The van der Waals surface area contributed by atoms with Crippen LogP contribution in [0.1, 0.15) is 55.6 Å². The number of hydrogen-bond donors (Lipinski definition) is 1. The molecular weight excluding hydrogens is 371 g/mol. The number of carbonyl (C=O) groups excluding carboxylic acids is 3. The first-order valence-corrected chi connectivity index (χ1v) is 9.62. The van der Waals surface area contributed by atoms with Crippen LogP contribution in [0.25, 0.3) is 0 Å². The Kier molecular flexibility index (Phi) is 5.30. The third-order valence-electron chi connectivity index (χ3n) is 5.42. The molecule has 5 nitrogen and oxygen atoms in total. The molecule has 1 heterocycles. The summed E-state index contributed by atoms with van der Waals surface area (Å²) >= 11 is 0. The topological polar surface area (TPSA) is 66.5 Å². The van der Waals surface area contributed by atoms with Crippen molar-refractivity contribution in [3.63, 3.8) is 0 Å². The Morgan fingerprint density at radius 2 is 1.62 bits per heavy atom. The summed E-state index contributed by atoms with van der Waals surface area (Å²) in [6, 6.07) is 12.0. The van der Waals surface area contributed by atoms with E-state index in [0.29, 0.717) is 11.1 Å². The number of rotatable bonds is 5. The fourth-order valence-corrected chi connectivity index (χ4v) is 3.53. The summed E-state index contributed by atoms with van der Waals surface area (Å²) in [4.78, 5) is 39.3. The normalized spacial score (nSPS) is 19.4. The maximum Gasteiger partial charge on any atom is 0.325 e. The molecule has 0 radical (unpaired) electrons. The van der Waals surface area contributed by atoms with Crippen molar-refractivity contribution in [1.29, 1.82) is 0 Å². The minimum Gasteiger partial charge on any atom is -0.319 e. The van der Waals surface area contributed by atoms with E-state index in [1.54, 1.807) is 19.1 Å². The number of amides is 3. The quantitative estimate of drug-likeness (QED) is 0.610. The van der Waals surface area contributed by atoms with Crippen LogP contribution in [0.4, 0.5) is 9.18 Å². The van der Waals surface area contributed by atoms with Crippen molar-refractivity contribution in [3.8, 4) is 0 Å². The van der Waals surface area contributed by atoms with Crippen molar-refractivity contribution < 1.29 is 18.8 Å². The number of ketones is 1. The van der Waals surface area contributed by atoms with Gasteiger partial charge in [0.25, 0.3) is 5.91 Å². The number of nitrogens with one attached hydrogen (secondary N) is 1. The average molecular weight is 396 g/mol. The predicted molar refractivity (Wildman–Crippen MR) is 108 cm³/mol. The van der Waals surface area contributed by atoms with E-state index in [1.165, 1.54) is 24.3 Å². The molecule has 1 fully saturated rings. The smallest absolute Gasteiger partial charge is 0.319 e. The Morgan fingerprint density at radius 1 is 1.03 bits per heavy atom. The van der Waals surface area contributed by atoms with Crippen LogP contribution in [0.15, 0.2) is 48.5 Å². The molecule has 6 heteroatoms. The van der Waals surface area contributed by atoms with Crippen LogP contribution in [0.3, 0.4) is 0 Å². The fourth-order valence-electron chi connectivity index (χ4n) is 3.53.